The summed E-state index contributed by atoms with van der Waals surface area (Å²) in [6.45, 7) is 0. The van der Waals surface area contributed by atoms with Gasteiger partial charge in [-0.15, -0.1) is 11.3 Å². The van der Waals surface area contributed by atoms with E-state index >= 15 is 0 Å². The van der Waals surface area contributed by atoms with Crippen molar-refractivity contribution in [2.75, 3.05) is 0 Å². The van der Waals surface area contributed by atoms with Crippen molar-refractivity contribution in [3.05, 3.63) is 194 Å². The van der Waals surface area contributed by atoms with E-state index in [-0.39, 0.29) is 27.4 Å². The Morgan fingerprint density at radius 1 is 0.411 bits per heavy atom. The number of thiophene rings is 1. The first kappa shape index (κ1) is 22.2. The molecule has 0 aliphatic carbocycles. The quantitative estimate of drug-likeness (QED) is 0.170. The van der Waals surface area contributed by atoms with Crippen molar-refractivity contribution in [1.29, 1.82) is 0 Å². The smallest absolute Gasteiger partial charge is 0.164 e. The summed E-state index contributed by atoms with van der Waals surface area (Å²) < 4.78 is 111. The lowest BCUT2D eigenvalue weighted by Crippen LogP contribution is -2.02. The first-order chi connectivity index (χ1) is 32.7. The molecule has 0 N–H and O–H groups in total. The van der Waals surface area contributed by atoms with Crippen LogP contribution in [0, 0.1) is 0 Å². The molecule has 0 aliphatic rings. The van der Waals surface area contributed by atoms with Gasteiger partial charge in [-0.2, -0.15) is 0 Å². The topological polar surface area (TPSA) is 43.6 Å². The highest BCUT2D eigenvalue weighted by Gasteiger charge is 2.20. The molecule has 0 amide bonds. The number of para-hydroxylation sites is 1. The molecule has 56 heavy (non-hydrogen) atoms. The lowest BCUT2D eigenvalue weighted by atomic mass is 9.99. The Bertz CT molecular complexity index is 3920. The second-order valence-corrected chi connectivity index (χ2v) is 14.2. The van der Waals surface area contributed by atoms with Gasteiger partial charge in [-0.3, -0.25) is 0 Å². The Morgan fingerprint density at radius 3 is 1.84 bits per heavy atom. The third kappa shape index (κ3) is 5.40. The molecule has 0 spiro atoms. The zero-order chi connectivity index (χ0) is 47.4. The second-order valence-electron chi connectivity index (χ2n) is 13.1. The average Bonchev–Trinajstić information content (AvgIpc) is 3.93. The summed E-state index contributed by atoms with van der Waals surface area (Å²) >= 11 is 1.68. The molecule has 0 unspecified atom stereocenters. The van der Waals surface area contributed by atoms with Crippen LogP contribution in [0.15, 0.2) is 194 Å². The Hall–Kier alpha value is -7.21. The third-order valence-corrected chi connectivity index (χ3v) is 11.0. The van der Waals surface area contributed by atoms with Gasteiger partial charge >= 0.3 is 0 Å². The van der Waals surface area contributed by atoms with E-state index in [1.54, 1.807) is 23.5 Å². The van der Waals surface area contributed by atoms with Gasteiger partial charge < -0.3 is 4.57 Å². The summed E-state index contributed by atoms with van der Waals surface area (Å²) in [5.41, 5.74) is 2.59. The van der Waals surface area contributed by atoms with Crippen molar-refractivity contribution in [3.8, 4) is 62.1 Å². The molecular formula is C51H32N4S. The fourth-order valence-electron chi connectivity index (χ4n) is 7.31. The minimum atomic E-state index is -0.694. The normalized spacial score (nSPS) is 14.6. The summed E-state index contributed by atoms with van der Waals surface area (Å²) in [5.74, 6) is 1.19. The molecule has 0 saturated carbocycles. The zero-order valence-corrected chi connectivity index (χ0v) is 30.1. The number of nitrogens with zero attached hydrogens (tertiary/aromatic N) is 4. The number of hydrogen-bond donors (Lipinski definition) is 0. The third-order valence-electron chi connectivity index (χ3n) is 9.85. The van der Waals surface area contributed by atoms with Gasteiger partial charge in [0.2, 0.25) is 0 Å². The van der Waals surface area contributed by atoms with Gasteiger partial charge in [0.25, 0.3) is 0 Å². The van der Waals surface area contributed by atoms with E-state index in [2.05, 4.69) is 24.3 Å². The molecular weight excluding hydrogens is 701 g/mol. The lowest BCUT2D eigenvalue weighted by Gasteiger charge is -2.16. The maximum Gasteiger partial charge on any atom is 0.164 e. The van der Waals surface area contributed by atoms with Gasteiger partial charge in [0.1, 0.15) is 0 Å². The van der Waals surface area contributed by atoms with Gasteiger partial charge in [-0.1, -0.05) is 151 Å². The zero-order valence-electron chi connectivity index (χ0n) is 41.2. The van der Waals surface area contributed by atoms with Crippen LogP contribution in [0.5, 0.6) is 0 Å². The highest BCUT2D eigenvalue weighted by Crippen LogP contribution is 2.42. The predicted octanol–water partition coefficient (Wildman–Crippen LogP) is 13.7. The SMILES string of the molecule is [2H]c1c([2H])c([2H])c(-c2c([2H])c([2H])c([2H])c3c2c2c([2H])c([2H])c([2H])c([2H])c2n3-c2ccc(-c3nc(-c4ccccc4)nc(-c4ccc5c(c4)sc4ccccc45)n3)cc2-c2ccccc2)c([2H])c1[2H]. The maximum absolute atomic E-state index is 9.46. The Balaban J connectivity index is 1.22. The Labute approximate surface area is 344 Å². The van der Waals surface area contributed by atoms with Crippen LogP contribution in [0.4, 0.5) is 0 Å². The molecule has 0 bridgehead atoms. The van der Waals surface area contributed by atoms with Gasteiger partial charge in [-0.25, -0.2) is 15.0 Å². The molecule has 0 saturated heterocycles. The van der Waals surface area contributed by atoms with Gasteiger partial charge in [-0.05, 0) is 59.1 Å². The van der Waals surface area contributed by atoms with Crippen molar-refractivity contribution >= 4 is 53.3 Å². The summed E-state index contributed by atoms with van der Waals surface area (Å²) in [4.78, 5) is 15.1. The first-order valence-electron chi connectivity index (χ1n) is 23.8. The first-order valence-corrected chi connectivity index (χ1v) is 18.6. The number of hydrogen-bond acceptors (Lipinski definition) is 4. The fraction of sp³-hybridized carbons (Fsp3) is 0. The van der Waals surface area contributed by atoms with E-state index in [1.807, 2.05) is 84.9 Å². The molecule has 8 aromatic carbocycles. The number of rotatable bonds is 6. The Morgan fingerprint density at radius 2 is 1.04 bits per heavy atom. The largest absolute Gasteiger partial charge is 0.309 e. The van der Waals surface area contributed by atoms with Crippen LogP contribution in [0.2, 0.25) is 0 Å². The summed E-state index contributed by atoms with van der Waals surface area (Å²) in [7, 11) is 0. The van der Waals surface area contributed by atoms with Crippen LogP contribution in [0.1, 0.15) is 16.4 Å². The minimum Gasteiger partial charge on any atom is -0.309 e. The van der Waals surface area contributed by atoms with Crippen LogP contribution >= 0.6 is 11.3 Å². The van der Waals surface area contributed by atoms with E-state index < -0.39 is 78.1 Å². The molecule has 0 atom stereocenters. The van der Waals surface area contributed by atoms with E-state index in [4.69, 9.17) is 25.9 Å². The number of fused-ring (bicyclic) bond motifs is 6. The standard InChI is InChI=1S/C51H32N4S/c1-4-15-33(16-5-1)38-23-14-25-45-48(38)41-22-10-12-24-43(41)55(45)44-30-28-36(31-42(44)34-17-6-2-7-18-34)50-52-49(35-19-8-3-9-20-35)53-51(54-50)37-27-29-40-39-21-11-13-26-46(39)56-47(40)32-37/h1-32H/i1D,4D,5D,10D,12D,14D,15D,16D,22D,23D,24D,25D. The average molecular weight is 745 g/mol. The van der Waals surface area contributed by atoms with Crippen LogP contribution < -0.4 is 0 Å². The fourth-order valence-corrected chi connectivity index (χ4v) is 8.46. The van der Waals surface area contributed by atoms with Crippen LogP contribution in [0.3, 0.4) is 0 Å². The van der Waals surface area contributed by atoms with Crippen molar-refractivity contribution in [2.45, 2.75) is 0 Å². The van der Waals surface area contributed by atoms with Crippen LogP contribution in [-0.2, 0) is 0 Å². The molecule has 3 heterocycles. The van der Waals surface area contributed by atoms with Gasteiger partial charge in [0, 0.05) is 53.2 Å². The molecule has 0 aliphatic heterocycles. The second kappa shape index (κ2) is 13.3. The number of benzene rings is 8. The number of aromatic nitrogens is 4. The summed E-state index contributed by atoms with van der Waals surface area (Å²) in [6, 6.07) is 31.1. The summed E-state index contributed by atoms with van der Waals surface area (Å²) in [5, 5.41) is 2.00. The lowest BCUT2D eigenvalue weighted by molar-refractivity contribution is 1.07. The molecule has 5 heteroatoms. The van der Waals surface area contributed by atoms with E-state index in [9.17, 15) is 5.48 Å². The van der Waals surface area contributed by atoms with Crippen LogP contribution in [-0.4, -0.2) is 19.5 Å². The molecule has 262 valence electrons. The minimum absolute atomic E-state index is 0.103. The van der Waals surface area contributed by atoms with E-state index in [1.165, 1.54) is 4.57 Å². The Kier molecular flexibility index (Phi) is 5.27. The monoisotopic (exact) mass is 744 g/mol. The predicted molar refractivity (Wildman–Crippen MR) is 234 cm³/mol. The van der Waals surface area contributed by atoms with Crippen LogP contribution in [0.25, 0.3) is 104 Å². The maximum atomic E-state index is 9.46. The molecule has 3 aromatic heterocycles. The van der Waals surface area contributed by atoms with Crippen molar-refractivity contribution in [3.63, 3.8) is 0 Å². The van der Waals surface area contributed by atoms with Gasteiger partial charge in [0.15, 0.2) is 17.5 Å². The molecule has 4 nitrogen and oxygen atoms in total. The van der Waals surface area contributed by atoms with Crippen molar-refractivity contribution in [1.82, 2.24) is 19.5 Å². The highest BCUT2D eigenvalue weighted by atomic mass is 32.1. The highest BCUT2D eigenvalue weighted by molar-refractivity contribution is 7.25. The molecule has 0 radical (unpaired) electrons. The summed E-state index contributed by atoms with van der Waals surface area (Å²) in [6.07, 6.45) is 0. The van der Waals surface area contributed by atoms with Crippen molar-refractivity contribution in [2.24, 2.45) is 0 Å². The van der Waals surface area contributed by atoms with Crippen molar-refractivity contribution < 1.29 is 16.4 Å². The molecule has 0 fully saturated rings. The molecule has 11 rings (SSSR count). The van der Waals surface area contributed by atoms with E-state index in [0.29, 0.717) is 39.9 Å². The molecule has 11 aromatic rings. The van der Waals surface area contributed by atoms with Gasteiger partial charge in [0.05, 0.1) is 33.2 Å². The van der Waals surface area contributed by atoms with E-state index in [0.717, 1.165) is 31.3 Å².